The molecule has 0 aromatic carbocycles. The van der Waals surface area contributed by atoms with E-state index in [2.05, 4.69) is 10.6 Å². The van der Waals surface area contributed by atoms with Gasteiger partial charge in [0.25, 0.3) is 0 Å². The maximum Gasteiger partial charge on any atom is 0.326 e. The molecule has 1 rings (SSSR count). The summed E-state index contributed by atoms with van der Waals surface area (Å²) in [6.45, 7) is 3.76. The summed E-state index contributed by atoms with van der Waals surface area (Å²) < 4.78 is 0. The second-order valence-electron chi connectivity index (χ2n) is 3.74. The second kappa shape index (κ2) is 4.30. The van der Waals surface area contributed by atoms with Gasteiger partial charge in [0.2, 0.25) is 0 Å². The summed E-state index contributed by atoms with van der Waals surface area (Å²) in [5, 5.41) is 13.8. The van der Waals surface area contributed by atoms with Gasteiger partial charge in [-0.15, -0.1) is 0 Å². The van der Waals surface area contributed by atoms with Crippen molar-refractivity contribution in [3.63, 3.8) is 0 Å². The molecule has 0 aliphatic heterocycles. The molecule has 0 radical (unpaired) electrons. The van der Waals surface area contributed by atoms with E-state index < -0.39 is 12.0 Å². The zero-order chi connectivity index (χ0) is 10.7. The minimum atomic E-state index is -0.994. The molecule has 3 N–H and O–H groups in total. The monoisotopic (exact) mass is 200 g/mol. The van der Waals surface area contributed by atoms with Crippen molar-refractivity contribution in [2.75, 3.05) is 0 Å². The van der Waals surface area contributed by atoms with Crippen LogP contribution < -0.4 is 10.6 Å². The molecule has 1 aliphatic rings. The Balaban J connectivity index is 2.27. The zero-order valence-corrected chi connectivity index (χ0v) is 8.41. The molecule has 1 saturated carbocycles. The van der Waals surface area contributed by atoms with E-state index in [9.17, 15) is 9.59 Å². The Morgan fingerprint density at radius 3 is 2.50 bits per heavy atom. The van der Waals surface area contributed by atoms with Gasteiger partial charge in [-0.2, -0.15) is 0 Å². The molecule has 14 heavy (non-hydrogen) atoms. The predicted molar refractivity (Wildman–Crippen MR) is 51.0 cm³/mol. The first kappa shape index (κ1) is 10.8. The van der Waals surface area contributed by atoms with Gasteiger partial charge in [-0.25, -0.2) is 9.59 Å². The third-order valence-electron chi connectivity index (χ3n) is 2.44. The largest absolute Gasteiger partial charge is 0.480 e. The minimum absolute atomic E-state index is 0.223. The second-order valence-corrected chi connectivity index (χ2v) is 3.74. The van der Waals surface area contributed by atoms with E-state index in [0.29, 0.717) is 12.3 Å². The van der Waals surface area contributed by atoms with Gasteiger partial charge < -0.3 is 15.7 Å². The summed E-state index contributed by atoms with van der Waals surface area (Å²) in [6.07, 6.45) is 1.38. The first-order valence-corrected chi connectivity index (χ1v) is 4.84. The lowest BCUT2D eigenvalue weighted by Gasteiger charge is -2.12. The van der Waals surface area contributed by atoms with Crippen molar-refractivity contribution in [1.29, 1.82) is 0 Å². The van der Waals surface area contributed by atoms with E-state index in [1.165, 1.54) is 0 Å². The van der Waals surface area contributed by atoms with Crippen LogP contribution in [0.4, 0.5) is 4.79 Å². The molecule has 0 bridgehead atoms. The number of hydrogen-bond donors (Lipinski definition) is 3. The first-order chi connectivity index (χ1) is 6.54. The molecule has 0 aromatic rings. The number of carboxylic acids is 1. The van der Waals surface area contributed by atoms with Gasteiger partial charge in [0.05, 0.1) is 0 Å². The minimum Gasteiger partial charge on any atom is -0.480 e. The van der Waals surface area contributed by atoms with Crippen molar-refractivity contribution in [1.82, 2.24) is 10.6 Å². The quantitative estimate of drug-likeness (QED) is 0.620. The summed E-state index contributed by atoms with van der Waals surface area (Å²) in [6, 6.07) is -0.945. The van der Waals surface area contributed by atoms with E-state index in [1.807, 2.05) is 6.92 Å². The molecule has 0 saturated heterocycles. The highest BCUT2D eigenvalue weighted by atomic mass is 16.4. The lowest BCUT2D eigenvalue weighted by molar-refractivity contribution is -0.139. The van der Waals surface area contributed by atoms with Crippen LogP contribution in [-0.4, -0.2) is 29.2 Å². The zero-order valence-electron chi connectivity index (χ0n) is 8.41. The average molecular weight is 200 g/mol. The van der Waals surface area contributed by atoms with E-state index >= 15 is 0 Å². The van der Waals surface area contributed by atoms with Crippen LogP contribution >= 0.6 is 0 Å². The van der Waals surface area contributed by atoms with Crippen molar-refractivity contribution in [2.24, 2.45) is 5.92 Å². The van der Waals surface area contributed by atoms with Crippen LogP contribution in [0, 0.1) is 5.92 Å². The Morgan fingerprint density at radius 1 is 1.57 bits per heavy atom. The van der Waals surface area contributed by atoms with Crippen LogP contribution in [-0.2, 0) is 4.79 Å². The average Bonchev–Trinajstić information content (AvgIpc) is 2.77. The van der Waals surface area contributed by atoms with Gasteiger partial charge in [0.15, 0.2) is 0 Å². The summed E-state index contributed by atoms with van der Waals surface area (Å²) in [5.74, 6) is -0.475. The number of carboxylic acid groups (broad SMARTS) is 1. The highest BCUT2D eigenvalue weighted by molar-refractivity contribution is 5.82. The van der Waals surface area contributed by atoms with Crippen LogP contribution in [0.3, 0.4) is 0 Å². The number of hydrogen-bond acceptors (Lipinski definition) is 2. The predicted octanol–water partition coefficient (Wildman–Crippen LogP) is 0.557. The standard InChI is InChI=1S/C9H16N2O3/c1-3-6(8(12)13)10-9(14)11-7-4-5(7)2/h5-7H,3-4H2,1-2H3,(H,12,13)(H2,10,11,14)/t5?,6-,7?/m1/s1. The molecule has 1 fully saturated rings. The van der Waals surface area contributed by atoms with Crippen LogP contribution in [0.25, 0.3) is 0 Å². The molecule has 5 nitrogen and oxygen atoms in total. The first-order valence-electron chi connectivity index (χ1n) is 4.84. The number of rotatable bonds is 4. The van der Waals surface area contributed by atoms with Crippen LogP contribution in [0.1, 0.15) is 26.7 Å². The fourth-order valence-corrected chi connectivity index (χ4v) is 1.23. The number of carbonyl (C=O) groups excluding carboxylic acids is 1. The smallest absolute Gasteiger partial charge is 0.326 e. The SMILES string of the molecule is CC[C@@H](NC(=O)NC1CC1C)C(=O)O. The summed E-state index contributed by atoms with van der Waals surface area (Å²) in [4.78, 5) is 21.8. The molecule has 5 heteroatoms. The Morgan fingerprint density at radius 2 is 2.14 bits per heavy atom. The lowest BCUT2D eigenvalue weighted by Crippen LogP contribution is -2.46. The summed E-state index contributed by atoms with van der Waals surface area (Å²) in [5.41, 5.74) is 0. The Kier molecular flexibility index (Phi) is 3.33. The van der Waals surface area contributed by atoms with Gasteiger partial charge in [-0.3, -0.25) is 0 Å². The molecular formula is C9H16N2O3. The fourth-order valence-electron chi connectivity index (χ4n) is 1.23. The number of carbonyl (C=O) groups is 2. The maximum absolute atomic E-state index is 11.2. The number of nitrogens with one attached hydrogen (secondary N) is 2. The van der Waals surface area contributed by atoms with Crippen LogP contribution in [0.15, 0.2) is 0 Å². The summed E-state index contributed by atoms with van der Waals surface area (Å²) >= 11 is 0. The van der Waals surface area contributed by atoms with E-state index in [4.69, 9.17) is 5.11 Å². The normalized spacial score (nSPS) is 26.4. The highest BCUT2D eigenvalue weighted by Crippen LogP contribution is 2.28. The van der Waals surface area contributed by atoms with Gasteiger partial charge in [0.1, 0.15) is 6.04 Å². The van der Waals surface area contributed by atoms with Gasteiger partial charge >= 0.3 is 12.0 Å². The molecule has 2 unspecified atom stereocenters. The van der Waals surface area contributed by atoms with E-state index in [0.717, 1.165) is 6.42 Å². The van der Waals surface area contributed by atoms with E-state index in [-0.39, 0.29) is 12.1 Å². The third-order valence-corrected chi connectivity index (χ3v) is 2.44. The topological polar surface area (TPSA) is 78.4 Å². The number of urea groups is 1. The number of amides is 2. The molecule has 1 aliphatic carbocycles. The van der Waals surface area contributed by atoms with Crippen molar-refractivity contribution < 1.29 is 14.7 Å². The van der Waals surface area contributed by atoms with Gasteiger partial charge in [-0.1, -0.05) is 13.8 Å². The lowest BCUT2D eigenvalue weighted by atomic mass is 10.2. The van der Waals surface area contributed by atoms with Crippen LogP contribution in [0.5, 0.6) is 0 Å². The fraction of sp³-hybridized carbons (Fsp3) is 0.778. The Hall–Kier alpha value is -1.26. The molecule has 2 amide bonds. The molecule has 3 atom stereocenters. The third kappa shape index (κ3) is 2.90. The van der Waals surface area contributed by atoms with Crippen molar-refractivity contribution >= 4 is 12.0 Å². The van der Waals surface area contributed by atoms with E-state index in [1.54, 1.807) is 6.92 Å². The Labute approximate surface area is 82.9 Å². The van der Waals surface area contributed by atoms with Gasteiger partial charge in [0, 0.05) is 6.04 Å². The van der Waals surface area contributed by atoms with Gasteiger partial charge in [-0.05, 0) is 18.8 Å². The molecule has 0 heterocycles. The van der Waals surface area contributed by atoms with Crippen molar-refractivity contribution in [3.8, 4) is 0 Å². The maximum atomic E-state index is 11.2. The number of aliphatic carboxylic acids is 1. The molecule has 0 spiro atoms. The molecule has 0 aromatic heterocycles. The van der Waals surface area contributed by atoms with Crippen molar-refractivity contribution in [2.45, 2.75) is 38.8 Å². The van der Waals surface area contributed by atoms with Crippen LogP contribution in [0.2, 0.25) is 0 Å². The Bertz CT molecular complexity index is 242. The summed E-state index contributed by atoms with van der Waals surface area (Å²) in [7, 11) is 0. The molecule has 80 valence electrons. The van der Waals surface area contributed by atoms with Crippen molar-refractivity contribution in [3.05, 3.63) is 0 Å². The highest BCUT2D eigenvalue weighted by Gasteiger charge is 2.34. The molecular weight excluding hydrogens is 184 g/mol.